The molecule has 0 amide bonds. The fourth-order valence-corrected chi connectivity index (χ4v) is 1.93. The molecule has 0 saturated heterocycles. The van der Waals surface area contributed by atoms with Gasteiger partial charge in [-0.05, 0) is 55.9 Å². The summed E-state index contributed by atoms with van der Waals surface area (Å²) in [7, 11) is 0. The number of ketones is 1. The molecule has 1 aromatic rings. The zero-order valence-electron chi connectivity index (χ0n) is 9.99. The van der Waals surface area contributed by atoms with Crippen molar-refractivity contribution in [3.8, 4) is 0 Å². The molecule has 2 heteroatoms. The van der Waals surface area contributed by atoms with Crippen LogP contribution in [0.25, 0.3) is 0 Å². The lowest BCUT2D eigenvalue weighted by Gasteiger charge is -2.12. The van der Waals surface area contributed by atoms with Crippen LogP contribution in [-0.4, -0.2) is 12.3 Å². The van der Waals surface area contributed by atoms with Gasteiger partial charge >= 0.3 is 0 Å². The molecular formula is C14H19NO. The third kappa shape index (κ3) is 2.84. The second-order valence-corrected chi connectivity index (χ2v) is 4.83. The van der Waals surface area contributed by atoms with E-state index in [1.165, 1.54) is 12.8 Å². The van der Waals surface area contributed by atoms with E-state index in [2.05, 4.69) is 12.2 Å². The second-order valence-electron chi connectivity index (χ2n) is 4.83. The molecule has 86 valence electrons. The maximum Gasteiger partial charge on any atom is 0.159 e. The smallest absolute Gasteiger partial charge is 0.159 e. The monoisotopic (exact) mass is 217 g/mol. The van der Waals surface area contributed by atoms with Crippen molar-refractivity contribution in [1.82, 2.24) is 0 Å². The SMILES string of the molecule is CC(=O)c1ccc(NCC(C)C2CC2)cc1. The van der Waals surface area contributed by atoms with Gasteiger partial charge in [-0.25, -0.2) is 0 Å². The van der Waals surface area contributed by atoms with Gasteiger partial charge in [0.1, 0.15) is 0 Å². The number of anilines is 1. The van der Waals surface area contributed by atoms with Gasteiger partial charge in [0.05, 0.1) is 0 Å². The largest absolute Gasteiger partial charge is 0.385 e. The maximum absolute atomic E-state index is 11.1. The Bertz CT molecular complexity index is 365. The van der Waals surface area contributed by atoms with Crippen molar-refractivity contribution in [2.75, 3.05) is 11.9 Å². The minimum absolute atomic E-state index is 0.123. The average molecular weight is 217 g/mol. The molecule has 2 rings (SSSR count). The van der Waals surface area contributed by atoms with Gasteiger partial charge in [-0.2, -0.15) is 0 Å². The Hall–Kier alpha value is -1.31. The minimum Gasteiger partial charge on any atom is -0.385 e. The molecule has 16 heavy (non-hydrogen) atoms. The summed E-state index contributed by atoms with van der Waals surface area (Å²) < 4.78 is 0. The van der Waals surface area contributed by atoms with Crippen LogP contribution in [0.4, 0.5) is 5.69 Å². The fraction of sp³-hybridized carbons (Fsp3) is 0.500. The number of hydrogen-bond acceptors (Lipinski definition) is 2. The van der Waals surface area contributed by atoms with Crippen LogP contribution < -0.4 is 5.32 Å². The summed E-state index contributed by atoms with van der Waals surface area (Å²) in [5.41, 5.74) is 1.89. The Morgan fingerprint density at radius 3 is 2.50 bits per heavy atom. The zero-order chi connectivity index (χ0) is 11.5. The lowest BCUT2D eigenvalue weighted by atomic mass is 10.1. The van der Waals surface area contributed by atoms with Crippen molar-refractivity contribution >= 4 is 11.5 Å². The van der Waals surface area contributed by atoms with Crippen molar-refractivity contribution in [2.45, 2.75) is 26.7 Å². The number of carbonyl (C=O) groups excluding carboxylic acids is 1. The summed E-state index contributed by atoms with van der Waals surface area (Å²) in [5.74, 6) is 1.81. The number of carbonyl (C=O) groups is 1. The van der Waals surface area contributed by atoms with Crippen LogP contribution in [0, 0.1) is 11.8 Å². The molecule has 0 heterocycles. The molecule has 1 aliphatic carbocycles. The van der Waals surface area contributed by atoms with Gasteiger partial charge in [0.25, 0.3) is 0 Å². The molecule has 0 aliphatic heterocycles. The van der Waals surface area contributed by atoms with Crippen LogP contribution in [0.3, 0.4) is 0 Å². The van der Waals surface area contributed by atoms with Crippen molar-refractivity contribution in [1.29, 1.82) is 0 Å². The summed E-state index contributed by atoms with van der Waals surface area (Å²) in [6.45, 7) is 4.93. The van der Waals surface area contributed by atoms with Crippen molar-refractivity contribution in [2.24, 2.45) is 11.8 Å². The molecule has 0 aromatic heterocycles. The Morgan fingerprint density at radius 1 is 1.38 bits per heavy atom. The molecule has 1 fully saturated rings. The highest BCUT2D eigenvalue weighted by Gasteiger charge is 2.27. The van der Waals surface area contributed by atoms with E-state index >= 15 is 0 Å². The number of hydrogen-bond donors (Lipinski definition) is 1. The zero-order valence-corrected chi connectivity index (χ0v) is 9.99. The standard InChI is InChI=1S/C14H19NO/c1-10(12-3-4-12)9-15-14-7-5-13(6-8-14)11(2)16/h5-8,10,12,15H,3-4,9H2,1-2H3. The molecule has 0 bridgehead atoms. The van der Waals surface area contributed by atoms with Gasteiger partial charge in [-0.3, -0.25) is 4.79 Å². The normalized spacial score (nSPS) is 16.9. The highest BCUT2D eigenvalue weighted by Crippen LogP contribution is 2.36. The van der Waals surface area contributed by atoms with Gasteiger partial charge in [0.2, 0.25) is 0 Å². The van der Waals surface area contributed by atoms with Crippen molar-refractivity contribution in [3.63, 3.8) is 0 Å². The second kappa shape index (κ2) is 4.69. The molecule has 1 aliphatic rings. The Labute approximate surface area is 97.1 Å². The fourth-order valence-electron chi connectivity index (χ4n) is 1.93. The van der Waals surface area contributed by atoms with Crippen LogP contribution in [0.1, 0.15) is 37.0 Å². The van der Waals surface area contributed by atoms with Gasteiger partial charge in [-0.15, -0.1) is 0 Å². The third-order valence-corrected chi connectivity index (χ3v) is 3.35. The lowest BCUT2D eigenvalue weighted by molar-refractivity contribution is 0.101. The van der Waals surface area contributed by atoms with E-state index in [0.717, 1.165) is 29.6 Å². The van der Waals surface area contributed by atoms with Crippen LogP contribution in [0.15, 0.2) is 24.3 Å². The van der Waals surface area contributed by atoms with E-state index in [-0.39, 0.29) is 5.78 Å². The summed E-state index contributed by atoms with van der Waals surface area (Å²) in [5, 5.41) is 3.42. The molecule has 1 unspecified atom stereocenters. The van der Waals surface area contributed by atoms with E-state index in [1.807, 2.05) is 24.3 Å². The first-order valence-electron chi connectivity index (χ1n) is 6.01. The van der Waals surface area contributed by atoms with Crippen LogP contribution >= 0.6 is 0 Å². The maximum atomic E-state index is 11.1. The predicted molar refractivity (Wildman–Crippen MR) is 66.8 cm³/mol. The molecule has 0 radical (unpaired) electrons. The molecular weight excluding hydrogens is 198 g/mol. The van der Waals surface area contributed by atoms with E-state index < -0.39 is 0 Å². The van der Waals surface area contributed by atoms with E-state index in [9.17, 15) is 4.79 Å². The van der Waals surface area contributed by atoms with Gasteiger partial charge in [-0.1, -0.05) is 6.92 Å². The van der Waals surface area contributed by atoms with Crippen LogP contribution in [-0.2, 0) is 0 Å². The highest BCUT2D eigenvalue weighted by atomic mass is 16.1. The summed E-state index contributed by atoms with van der Waals surface area (Å²) in [6.07, 6.45) is 2.79. The highest BCUT2D eigenvalue weighted by molar-refractivity contribution is 5.94. The quantitative estimate of drug-likeness (QED) is 0.766. The molecule has 1 saturated carbocycles. The first-order chi connectivity index (χ1) is 7.66. The van der Waals surface area contributed by atoms with Gasteiger partial charge in [0.15, 0.2) is 5.78 Å². The number of Topliss-reactive ketones (excluding diaryl/α,β-unsaturated/α-hetero) is 1. The molecule has 1 aromatic carbocycles. The Balaban J connectivity index is 1.86. The van der Waals surface area contributed by atoms with Gasteiger partial charge in [0, 0.05) is 17.8 Å². The van der Waals surface area contributed by atoms with Gasteiger partial charge < -0.3 is 5.32 Å². The first-order valence-corrected chi connectivity index (χ1v) is 6.01. The van der Waals surface area contributed by atoms with Crippen LogP contribution in [0.2, 0.25) is 0 Å². The molecule has 1 N–H and O–H groups in total. The summed E-state index contributed by atoms with van der Waals surface area (Å²) in [6, 6.07) is 7.73. The number of rotatable bonds is 5. The van der Waals surface area contributed by atoms with Crippen LogP contribution in [0.5, 0.6) is 0 Å². The lowest BCUT2D eigenvalue weighted by Crippen LogP contribution is -2.12. The molecule has 2 nitrogen and oxygen atoms in total. The van der Waals surface area contributed by atoms with E-state index in [1.54, 1.807) is 6.92 Å². The Morgan fingerprint density at radius 2 is 2.00 bits per heavy atom. The predicted octanol–water partition coefficient (Wildman–Crippen LogP) is 3.35. The summed E-state index contributed by atoms with van der Waals surface area (Å²) in [4.78, 5) is 11.1. The van der Waals surface area contributed by atoms with Crippen molar-refractivity contribution in [3.05, 3.63) is 29.8 Å². The van der Waals surface area contributed by atoms with E-state index in [0.29, 0.717) is 0 Å². The Kier molecular flexibility index (Phi) is 3.28. The topological polar surface area (TPSA) is 29.1 Å². The minimum atomic E-state index is 0.123. The molecule has 0 spiro atoms. The number of benzene rings is 1. The summed E-state index contributed by atoms with van der Waals surface area (Å²) >= 11 is 0. The molecule has 1 atom stereocenters. The number of nitrogens with one attached hydrogen (secondary N) is 1. The third-order valence-electron chi connectivity index (χ3n) is 3.35. The first kappa shape index (κ1) is 11.2. The van der Waals surface area contributed by atoms with E-state index in [4.69, 9.17) is 0 Å². The average Bonchev–Trinajstić information content (AvgIpc) is 3.10. The van der Waals surface area contributed by atoms with Crippen molar-refractivity contribution < 1.29 is 4.79 Å².